The summed E-state index contributed by atoms with van der Waals surface area (Å²) < 4.78 is 14.9. The summed E-state index contributed by atoms with van der Waals surface area (Å²) in [6, 6.07) is 3.28. The van der Waals surface area contributed by atoms with Crippen LogP contribution in [0.3, 0.4) is 0 Å². The third-order valence-electron chi connectivity index (χ3n) is 1.59. The molecule has 0 amide bonds. The molecule has 0 radical (unpaired) electrons. The fraction of sp³-hybridized carbons (Fsp3) is 0. The van der Waals surface area contributed by atoms with Gasteiger partial charge in [-0.3, -0.25) is 4.40 Å². The molecule has 0 bridgehead atoms. The molecule has 5 heteroatoms. The summed E-state index contributed by atoms with van der Waals surface area (Å²) in [6.07, 6.45) is 1.42. The Morgan fingerprint density at radius 3 is 3.00 bits per heavy atom. The zero-order chi connectivity index (χ0) is 8.72. The molecule has 12 heavy (non-hydrogen) atoms. The highest BCUT2D eigenvalue weighted by molar-refractivity contribution is 9.10. The van der Waals surface area contributed by atoms with E-state index in [9.17, 15) is 4.39 Å². The van der Waals surface area contributed by atoms with Gasteiger partial charge in [0, 0.05) is 0 Å². The lowest BCUT2D eigenvalue weighted by Crippen LogP contribution is -1.98. The Hall–Kier alpha value is -1.10. The van der Waals surface area contributed by atoms with E-state index in [1.165, 1.54) is 10.6 Å². The predicted molar refractivity (Wildman–Crippen MR) is 47.3 cm³/mol. The molecule has 0 atom stereocenters. The number of nitrogen functional groups attached to an aromatic ring is 1. The van der Waals surface area contributed by atoms with Crippen LogP contribution in [0.4, 0.5) is 10.2 Å². The van der Waals surface area contributed by atoms with Gasteiger partial charge in [0.1, 0.15) is 11.5 Å². The molecule has 0 aliphatic rings. The van der Waals surface area contributed by atoms with Crippen LogP contribution in [0.1, 0.15) is 0 Å². The smallest absolute Gasteiger partial charge is 0.215 e. The third kappa shape index (κ3) is 0.896. The molecule has 2 rings (SSSR count). The number of nitrogens with two attached hydrogens (primary N) is 1. The number of halogens is 2. The molecule has 2 N–H and O–H groups in total. The Kier molecular flexibility index (Phi) is 1.54. The van der Waals surface area contributed by atoms with Crippen molar-refractivity contribution >= 4 is 27.4 Å². The Morgan fingerprint density at radius 2 is 2.25 bits per heavy atom. The first-order valence-electron chi connectivity index (χ1n) is 3.27. The number of rotatable bonds is 0. The van der Waals surface area contributed by atoms with Crippen molar-refractivity contribution in [1.82, 2.24) is 9.38 Å². The van der Waals surface area contributed by atoms with Gasteiger partial charge in [0.15, 0.2) is 0 Å². The van der Waals surface area contributed by atoms with Crippen molar-refractivity contribution in [2.45, 2.75) is 0 Å². The fourth-order valence-corrected chi connectivity index (χ4v) is 1.34. The second-order valence-electron chi connectivity index (χ2n) is 2.35. The molecule has 2 aromatic heterocycles. The van der Waals surface area contributed by atoms with Gasteiger partial charge in [0.05, 0.1) is 10.7 Å². The number of fused-ring (bicyclic) bond motifs is 1. The van der Waals surface area contributed by atoms with Gasteiger partial charge in [-0.2, -0.15) is 4.39 Å². The number of hydrogen-bond donors (Lipinski definition) is 1. The van der Waals surface area contributed by atoms with Gasteiger partial charge < -0.3 is 5.73 Å². The van der Waals surface area contributed by atoms with Gasteiger partial charge in [0.25, 0.3) is 0 Å². The average Bonchev–Trinajstić information content (AvgIpc) is 2.41. The van der Waals surface area contributed by atoms with Crippen molar-refractivity contribution in [3.8, 4) is 0 Å². The van der Waals surface area contributed by atoms with E-state index in [0.717, 1.165) is 0 Å². The molecule has 2 aromatic rings. The van der Waals surface area contributed by atoms with Crippen LogP contribution >= 0.6 is 15.9 Å². The lowest BCUT2D eigenvalue weighted by atomic mass is 10.5. The highest BCUT2D eigenvalue weighted by Gasteiger charge is 2.07. The lowest BCUT2D eigenvalue weighted by molar-refractivity contribution is 0.563. The van der Waals surface area contributed by atoms with Crippen molar-refractivity contribution in [3.63, 3.8) is 0 Å². The van der Waals surface area contributed by atoms with Gasteiger partial charge in [-0.25, -0.2) is 4.98 Å². The molecular formula is C7H5BrFN3. The zero-order valence-corrected chi connectivity index (χ0v) is 7.55. The first-order chi connectivity index (χ1) is 5.70. The number of anilines is 1. The minimum atomic E-state index is -0.428. The second kappa shape index (κ2) is 2.45. The maximum Gasteiger partial charge on any atom is 0.215 e. The first kappa shape index (κ1) is 7.54. The Morgan fingerprint density at radius 1 is 1.50 bits per heavy atom. The van der Waals surface area contributed by atoms with Gasteiger partial charge in [-0.1, -0.05) is 0 Å². The molecule has 0 aliphatic heterocycles. The van der Waals surface area contributed by atoms with Crippen LogP contribution in [0.15, 0.2) is 22.8 Å². The summed E-state index contributed by atoms with van der Waals surface area (Å²) in [5.74, 6) is -0.133. The van der Waals surface area contributed by atoms with Crippen LogP contribution in [0.25, 0.3) is 5.65 Å². The monoisotopic (exact) mass is 229 g/mol. The lowest BCUT2D eigenvalue weighted by Gasteiger charge is -1.99. The SMILES string of the molecule is Nc1cnc2ccc(Br)c(F)n12. The normalized spacial score (nSPS) is 10.8. The molecule has 0 fully saturated rings. The van der Waals surface area contributed by atoms with E-state index in [0.29, 0.717) is 15.9 Å². The quantitative estimate of drug-likeness (QED) is 0.701. The molecule has 2 heterocycles. The predicted octanol–water partition coefficient (Wildman–Crippen LogP) is 1.82. The maximum atomic E-state index is 13.3. The molecule has 0 saturated heterocycles. The molecule has 0 aromatic carbocycles. The van der Waals surface area contributed by atoms with Gasteiger partial charge in [0.2, 0.25) is 5.95 Å². The summed E-state index contributed by atoms with van der Waals surface area (Å²) in [5, 5.41) is 0. The Labute approximate surface area is 76.1 Å². The molecule has 0 unspecified atom stereocenters. The minimum absolute atomic E-state index is 0.295. The topological polar surface area (TPSA) is 43.3 Å². The van der Waals surface area contributed by atoms with Crippen molar-refractivity contribution in [2.75, 3.05) is 5.73 Å². The van der Waals surface area contributed by atoms with Crippen LogP contribution < -0.4 is 5.73 Å². The summed E-state index contributed by atoms with van der Waals surface area (Å²) in [4.78, 5) is 3.90. The standard InChI is InChI=1S/C7H5BrFN3/c8-4-1-2-6-11-3-5(10)12(6)7(4)9/h1-3H,10H2. The average molecular weight is 230 g/mol. The van der Waals surface area contributed by atoms with Crippen LogP contribution in [0.2, 0.25) is 0 Å². The highest BCUT2D eigenvalue weighted by atomic mass is 79.9. The zero-order valence-electron chi connectivity index (χ0n) is 5.96. The molecule has 62 valence electrons. The van der Waals surface area contributed by atoms with Gasteiger partial charge >= 0.3 is 0 Å². The largest absolute Gasteiger partial charge is 0.383 e. The minimum Gasteiger partial charge on any atom is -0.383 e. The summed E-state index contributed by atoms with van der Waals surface area (Å²) in [6.45, 7) is 0. The summed E-state index contributed by atoms with van der Waals surface area (Å²) in [7, 11) is 0. The van der Waals surface area contributed by atoms with Crippen LogP contribution in [0.5, 0.6) is 0 Å². The molecule has 0 spiro atoms. The molecule has 3 nitrogen and oxygen atoms in total. The second-order valence-corrected chi connectivity index (χ2v) is 3.20. The van der Waals surface area contributed by atoms with Crippen molar-refractivity contribution in [2.24, 2.45) is 0 Å². The number of aromatic nitrogens is 2. The van der Waals surface area contributed by atoms with E-state index in [4.69, 9.17) is 5.73 Å². The van der Waals surface area contributed by atoms with E-state index < -0.39 is 5.95 Å². The molecule has 0 aliphatic carbocycles. The van der Waals surface area contributed by atoms with E-state index in [2.05, 4.69) is 20.9 Å². The van der Waals surface area contributed by atoms with E-state index >= 15 is 0 Å². The maximum absolute atomic E-state index is 13.3. The first-order valence-corrected chi connectivity index (χ1v) is 4.06. The fourth-order valence-electron chi connectivity index (χ4n) is 1.03. The van der Waals surface area contributed by atoms with Crippen molar-refractivity contribution in [3.05, 3.63) is 28.7 Å². The van der Waals surface area contributed by atoms with Crippen molar-refractivity contribution in [1.29, 1.82) is 0 Å². The van der Waals surface area contributed by atoms with Crippen LogP contribution in [0, 0.1) is 5.95 Å². The summed E-state index contributed by atoms with van der Waals surface area (Å²) in [5.41, 5.74) is 5.99. The number of nitrogens with zero attached hydrogens (tertiary/aromatic N) is 2. The van der Waals surface area contributed by atoms with Crippen LogP contribution in [-0.2, 0) is 0 Å². The van der Waals surface area contributed by atoms with E-state index in [1.807, 2.05) is 0 Å². The van der Waals surface area contributed by atoms with Gasteiger partial charge in [-0.05, 0) is 28.1 Å². The number of pyridine rings is 1. The van der Waals surface area contributed by atoms with Gasteiger partial charge in [-0.15, -0.1) is 0 Å². The highest BCUT2D eigenvalue weighted by Crippen LogP contribution is 2.19. The summed E-state index contributed by atoms with van der Waals surface area (Å²) >= 11 is 3.06. The Balaban J connectivity index is 2.96. The molecular weight excluding hydrogens is 225 g/mol. The Bertz CT molecular complexity index is 437. The van der Waals surface area contributed by atoms with E-state index in [-0.39, 0.29) is 0 Å². The van der Waals surface area contributed by atoms with Crippen LogP contribution in [-0.4, -0.2) is 9.38 Å². The third-order valence-corrected chi connectivity index (χ3v) is 2.18. The number of hydrogen-bond acceptors (Lipinski definition) is 2. The molecule has 0 saturated carbocycles. The van der Waals surface area contributed by atoms with Crippen molar-refractivity contribution < 1.29 is 4.39 Å². The van der Waals surface area contributed by atoms with E-state index in [1.54, 1.807) is 12.1 Å². The number of imidazole rings is 1.